The van der Waals surface area contributed by atoms with E-state index in [-0.39, 0.29) is 17.8 Å². The molecule has 0 bridgehead atoms. The number of rotatable bonds is 4. The molecule has 2 heterocycles. The number of carbonyl (C=O) groups excluding carboxylic acids is 1. The summed E-state index contributed by atoms with van der Waals surface area (Å²) in [6.45, 7) is 4.00. The Hall–Kier alpha value is -3.35. The predicted molar refractivity (Wildman–Crippen MR) is 104 cm³/mol. The number of aryl methyl sites for hydroxylation is 1. The Balaban J connectivity index is 1.78. The normalized spacial score (nSPS) is 15.3. The highest BCUT2D eigenvalue weighted by atomic mass is 16.6. The van der Waals surface area contributed by atoms with Gasteiger partial charge in [-0.1, -0.05) is 0 Å². The zero-order chi connectivity index (χ0) is 20.0. The average Bonchev–Trinajstić information content (AvgIpc) is 3.22. The third-order valence-corrected chi connectivity index (χ3v) is 5.34. The number of esters is 1. The van der Waals surface area contributed by atoms with Gasteiger partial charge in [-0.2, -0.15) is 0 Å². The Kier molecular flexibility index (Phi) is 4.30. The Morgan fingerprint density at radius 1 is 1.29 bits per heavy atom. The predicted octanol–water partition coefficient (Wildman–Crippen LogP) is 4.25. The van der Waals surface area contributed by atoms with Crippen LogP contribution in [0.4, 0.5) is 5.69 Å². The summed E-state index contributed by atoms with van der Waals surface area (Å²) < 4.78 is 13.4. The lowest BCUT2D eigenvalue weighted by Gasteiger charge is -2.10. The fourth-order valence-electron chi connectivity index (χ4n) is 3.85. The molecule has 1 unspecified atom stereocenters. The van der Waals surface area contributed by atoms with Crippen LogP contribution in [0.2, 0.25) is 0 Å². The number of aromatic nitrogens is 1. The number of nitro groups is 1. The van der Waals surface area contributed by atoms with Gasteiger partial charge in [0.05, 0.1) is 17.1 Å². The third-order valence-electron chi connectivity index (χ3n) is 5.34. The summed E-state index contributed by atoms with van der Waals surface area (Å²) in [6, 6.07) is 10.3. The highest BCUT2D eigenvalue weighted by Crippen LogP contribution is 2.43. The van der Waals surface area contributed by atoms with Gasteiger partial charge in [-0.25, -0.2) is 4.79 Å². The monoisotopic (exact) mass is 380 g/mol. The second kappa shape index (κ2) is 6.67. The van der Waals surface area contributed by atoms with E-state index in [4.69, 9.17) is 9.47 Å². The first kappa shape index (κ1) is 18.0. The lowest BCUT2D eigenvalue weighted by molar-refractivity contribution is -0.384. The number of carbonyl (C=O) groups is 1. The van der Waals surface area contributed by atoms with Gasteiger partial charge in [-0.3, -0.25) is 10.1 Å². The van der Waals surface area contributed by atoms with Crippen molar-refractivity contribution in [2.45, 2.75) is 26.4 Å². The van der Waals surface area contributed by atoms with Crippen LogP contribution < -0.4 is 4.74 Å². The minimum atomic E-state index is -0.421. The fourth-order valence-corrected chi connectivity index (χ4v) is 3.85. The van der Waals surface area contributed by atoms with Crippen molar-refractivity contribution in [3.8, 4) is 5.75 Å². The maximum absolute atomic E-state index is 12.6. The Labute approximate surface area is 161 Å². The SMILES string of the molecule is CCOC(=O)c1c(C)n(C)c2ccc3c(c12)CC(c1ccc([N+](=O)[O-])cc1)O3. The molecule has 7 nitrogen and oxygen atoms in total. The van der Waals surface area contributed by atoms with E-state index in [9.17, 15) is 14.9 Å². The number of nitrogens with zero attached hydrogens (tertiary/aromatic N) is 2. The van der Waals surface area contributed by atoms with Crippen molar-refractivity contribution in [1.29, 1.82) is 0 Å². The lowest BCUT2D eigenvalue weighted by Crippen LogP contribution is -2.07. The molecule has 0 saturated heterocycles. The number of fused-ring (bicyclic) bond motifs is 3. The van der Waals surface area contributed by atoms with Crippen molar-refractivity contribution in [3.63, 3.8) is 0 Å². The van der Waals surface area contributed by atoms with Gasteiger partial charge in [0.1, 0.15) is 11.9 Å². The minimum Gasteiger partial charge on any atom is -0.485 e. The molecule has 144 valence electrons. The van der Waals surface area contributed by atoms with Gasteiger partial charge in [0.2, 0.25) is 0 Å². The second-order valence-corrected chi connectivity index (χ2v) is 6.84. The van der Waals surface area contributed by atoms with Crippen molar-refractivity contribution < 1.29 is 19.2 Å². The molecule has 28 heavy (non-hydrogen) atoms. The molecule has 0 N–H and O–H groups in total. The molecule has 1 aliphatic rings. The van der Waals surface area contributed by atoms with Gasteiger partial charge in [-0.05, 0) is 43.7 Å². The highest BCUT2D eigenvalue weighted by molar-refractivity contribution is 6.08. The van der Waals surface area contributed by atoms with Gasteiger partial charge < -0.3 is 14.0 Å². The standard InChI is InChI=1S/C21H20N2O5/c1-4-27-21(24)19-12(2)22(3)16-9-10-17-15(20(16)19)11-18(28-17)13-5-7-14(8-6-13)23(25)26/h5-10,18H,4,11H2,1-3H3. The molecule has 2 aromatic carbocycles. The maximum Gasteiger partial charge on any atom is 0.340 e. The molecular formula is C21H20N2O5. The van der Waals surface area contributed by atoms with Crippen LogP contribution >= 0.6 is 0 Å². The minimum absolute atomic E-state index is 0.0462. The fraction of sp³-hybridized carbons (Fsp3) is 0.286. The summed E-state index contributed by atoms with van der Waals surface area (Å²) in [5, 5.41) is 11.7. The van der Waals surface area contributed by atoms with Crippen molar-refractivity contribution in [1.82, 2.24) is 4.57 Å². The van der Waals surface area contributed by atoms with Gasteiger partial charge in [0, 0.05) is 47.8 Å². The number of benzene rings is 2. The van der Waals surface area contributed by atoms with Crippen molar-refractivity contribution in [2.75, 3.05) is 6.61 Å². The van der Waals surface area contributed by atoms with Crippen LogP contribution in [0.3, 0.4) is 0 Å². The van der Waals surface area contributed by atoms with Crippen LogP contribution in [0.5, 0.6) is 5.75 Å². The molecule has 0 amide bonds. The number of hydrogen-bond donors (Lipinski definition) is 0. The number of non-ortho nitro benzene ring substituents is 1. The molecule has 7 heteroatoms. The van der Waals surface area contributed by atoms with Crippen molar-refractivity contribution in [3.05, 3.63) is 68.9 Å². The van der Waals surface area contributed by atoms with Gasteiger partial charge in [0.15, 0.2) is 0 Å². The van der Waals surface area contributed by atoms with E-state index in [2.05, 4.69) is 0 Å². The maximum atomic E-state index is 12.6. The molecule has 0 saturated carbocycles. The number of nitro benzene ring substituents is 1. The molecule has 0 radical (unpaired) electrons. The van der Waals surface area contributed by atoms with Crippen LogP contribution in [-0.4, -0.2) is 22.1 Å². The van der Waals surface area contributed by atoms with E-state index in [1.54, 1.807) is 19.1 Å². The Morgan fingerprint density at radius 3 is 2.64 bits per heavy atom. The van der Waals surface area contributed by atoms with Crippen LogP contribution in [-0.2, 0) is 18.2 Å². The van der Waals surface area contributed by atoms with E-state index in [0.717, 1.165) is 33.5 Å². The summed E-state index contributed by atoms with van der Waals surface area (Å²) in [6.07, 6.45) is 0.331. The molecule has 0 aliphatic carbocycles. The van der Waals surface area contributed by atoms with E-state index < -0.39 is 4.92 Å². The topological polar surface area (TPSA) is 83.6 Å². The largest absolute Gasteiger partial charge is 0.485 e. The van der Waals surface area contributed by atoms with E-state index >= 15 is 0 Å². The lowest BCUT2D eigenvalue weighted by atomic mass is 9.98. The molecule has 0 fully saturated rings. The van der Waals surface area contributed by atoms with Crippen molar-refractivity contribution in [2.24, 2.45) is 7.05 Å². The van der Waals surface area contributed by atoms with Gasteiger partial charge in [0.25, 0.3) is 5.69 Å². The van der Waals surface area contributed by atoms with E-state index in [1.165, 1.54) is 12.1 Å². The number of ether oxygens (including phenoxy) is 2. The molecule has 1 aromatic heterocycles. The summed E-state index contributed by atoms with van der Waals surface area (Å²) in [4.78, 5) is 23.1. The zero-order valence-corrected chi connectivity index (χ0v) is 15.9. The zero-order valence-electron chi connectivity index (χ0n) is 15.9. The second-order valence-electron chi connectivity index (χ2n) is 6.84. The van der Waals surface area contributed by atoms with E-state index in [1.807, 2.05) is 30.7 Å². The summed E-state index contributed by atoms with van der Waals surface area (Å²) in [5.74, 6) is 0.393. The van der Waals surface area contributed by atoms with Crippen LogP contribution in [0.1, 0.15) is 40.2 Å². The highest BCUT2D eigenvalue weighted by Gasteiger charge is 2.31. The molecule has 3 aromatic rings. The summed E-state index contributed by atoms with van der Waals surface area (Å²) in [7, 11) is 1.93. The summed E-state index contributed by atoms with van der Waals surface area (Å²) in [5.41, 5.74) is 4.25. The first-order valence-electron chi connectivity index (χ1n) is 9.11. The Morgan fingerprint density at radius 2 is 2.00 bits per heavy atom. The molecular weight excluding hydrogens is 360 g/mol. The van der Waals surface area contributed by atoms with Crippen LogP contribution in [0, 0.1) is 17.0 Å². The van der Waals surface area contributed by atoms with Gasteiger partial charge >= 0.3 is 5.97 Å². The van der Waals surface area contributed by atoms with Gasteiger partial charge in [-0.15, -0.1) is 0 Å². The summed E-state index contributed by atoms with van der Waals surface area (Å²) >= 11 is 0. The smallest absolute Gasteiger partial charge is 0.340 e. The molecule has 1 atom stereocenters. The first-order chi connectivity index (χ1) is 13.4. The third kappa shape index (κ3) is 2.70. The molecule has 4 rings (SSSR count). The Bertz CT molecular complexity index is 1100. The average molecular weight is 380 g/mol. The molecule has 1 aliphatic heterocycles. The van der Waals surface area contributed by atoms with Crippen molar-refractivity contribution >= 4 is 22.6 Å². The quantitative estimate of drug-likeness (QED) is 0.384. The number of hydrogen-bond acceptors (Lipinski definition) is 5. The first-order valence-corrected chi connectivity index (χ1v) is 9.11. The molecule has 0 spiro atoms. The van der Waals surface area contributed by atoms with E-state index in [0.29, 0.717) is 18.6 Å². The van der Waals surface area contributed by atoms with Crippen LogP contribution in [0.25, 0.3) is 10.9 Å². The van der Waals surface area contributed by atoms with Crippen LogP contribution in [0.15, 0.2) is 36.4 Å².